The van der Waals surface area contributed by atoms with Gasteiger partial charge < -0.3 is 9.52 Å². The van der Waals surface area contributed by atoms with Crippen LogP contribution < -0.4 is 0 Å². The van der Waals surface area contributed by atoms with Gasteiger partial charge in [-0.15, -0.1) is 10.2 Å². The molecule has 5 heteroatoms. The molecule has 0 fully saturated rings. The minimum atomic E-state index is 0.0266. The van der Waals surface area contributed by atoms with E-state index in [9.17, 15) is 0 Å². The fourth-order valence-electron chi connectivity index (χ4n) is 1.49. The quantitative estimate of drug-likeness (QED) is 0.885. The van der Waals surface area contributed by atoms with E-state index in [2.05, 4.69) is 10.2 Å². The summed E-state index contributed by atoms with van der Waals surface area (Å²) in [6.07, 6.45) is 1.94. The van der Waals surface area contributed by atoms with Gasteiger partial charge in [0, 0.05) is 17.9 Å². The maximum atomic E-state index is 8.72. The Morgan fingerprint density at radius 2 is 1.65 bits per heavy atom. The van der Waals surface area contributed by atoms with Crippen LogP contribution in [0.5, 0.6) is 0 Å². The Kier molecular flexibility index (Phi) is 4.12. The molecule has 0 saturated carbocycles. The Hall–Kier alpha value is -1.39. The third-order valence-corrected chi connectivity index (χ3v) is 2.63. The van der Waals surface area contributed by atoms with Crippen molar-refractivity contribution in [3.05, 3.63) is 46.6 Å². The molecule has 0 aliphatic carbocycles. The first-order valence-corrected chi connectivity index (χ1v) is 5.82. The van der Waals surface area contributed by atoms with Gasteiger partial charge in [0.2, 0.25) is 11.8 Å². The fourth-order valence-corrected chi connectivity index (χ4v) is 1.61. The van der Waals surface area contributed by atoms with Gasteiger partial charge in [0.25, 0.3) is 0 Å². The molecular formula is C12H13ClN2O2. The smallest absolute Gasteiger partial charge is 0.218 e. The Morgan fingerprint density at radius 1 is 1.00 bits per heavy atom. The van der Waals surface area contributed by atoms with Crippen LogP contribution in [-0.4, -0.2) is 21.9 Å². The van der Waals surface area contributed by atoms with Crippen LogP contribution in [0.4, 0.5) is 0 Å². The second kappa shape index (κ2) is 5.80. The zero-order valence-electron chi connectivity index (χ0n) is 9.27. The number of aryl methyl sites for hydroxylation is 2. The fraction of sp³-hybridized carbons (Fsp3) is 0.333. The standard InChI is InChI=1S/C12H13ClN2O2/c13-10-4-1-9(2-5-10)3-6-11-14-15-12(17-11)7-8-16/h1-2,4-5,16H,3,6-8H2. The largest absolute Gasteiger partial charge is 0.425 e. The molecule has 0 bridgehead atoms. The molecule has 1 aromatic carbocycles. The molecule has 17 heavy (non-hydrogen) atoms. The van der Waals surface area contributed by atoms with Gasteiger partial charge in [-0.3, -0.25) is 0 Å². The highest BCUT2D eigenvalue weighted by Gasteiger charge is 2.05. The van der Waals surface area contributed by atoms with Gasteiger partial charge in [-0.1, -0.05) is 23.7 Å². The lowest BCUT2D eigenvalue weighted by Crippen LogP contribution is -1.91. The molecule has 0 spiro atoms. The zero-order chi connectivity index (χ0) is 12.1. The lowest BCUT2D eigenvalue weighted by atomic mass is 10.1. The summed E-state index contributed by atoms with van der Waals surface area (Å²) >= 11 is 5.80. The summed E-state index contributed by atoms with van der Waals surface area (Å²) in [4.78, 5) is 0. The van der Waals surface area contributed by atoms with Crippen LogP contribution in [0.1, 0.15) is 17.3 Å². The van der Waals surface area contributed by atoms with Crippen molar-refractivity contribution in [3.8, 4) is 0 Å². The van der Waals surface area contributed by atoms with E-state index in [4.69, 9.17) is 21.1 Å². The Bertz CT molecular complexity index is 468. The lowest BCUT2D eigenvalue weighted by molar-refractivity contribution is 0.283. The molecule has 1 heterocycles. The predicted molar refractivity (Wildman–Crippen MR) is 63.9 cm³/mol. The molecular weight excluding hydrogens is 240 g/mol. The minimum absolute atomic E-state index is 0.0266. The molecule has 1 aromatic heterocycles. The van der Waals surface area contributed by atoms with Crippen LogP contribution in [0.15, 0.2) is 28.7 Å². The van der Waals surface area contributed by atoms with Gasteiger partial charge in [-0.25, -0.2) is 0 Å². The third-order valence-electron chi connectivity index (χ3n) is 2.38. The normalized spacial score (nSPS) is 10.7. The molecule has 2 aromatic rings. The van der Waals surface area contributed by atoms with Crippen molar-refractivity contribution in [2.45, 2.75) is 19.3 Å². The zero-order valence-corrected chi connectivity index (χ0v) is 10.0. The minimum Gasteiger partial charge on any atom is -0.425 e. The van der Waals surface area contributed by atoms with Crippen molar-refractivity contribution in [1.29, 1.82) is 0 Å². The lowest BCUT2D eigenvalue weighted by Gasteiger charge is -1.98. The molecule has 2 rings (SSSR count). The number of hydrogen-bond acceptors (Lipinski definition) is 4. The average molecular weight is 253 g/mol. The number of rotatable bonds is 5. The van der Waals surface area contributed by atoms with E-state index in [1.165, 1.54) is 5.56 Å². The number of aliphatic hydroxyl groups is 1. The van der Waals surface area contributed by atoms with E-state index in [1.807, 2.05) is 24.3 Å². The third kappa shape index (κ3) is 3.54. The number of nitrogens with zero attached hydrogens (tertiary/aromatic N) is 2. The monoisotopic (exact) mass is 252 g/mol. The van der Waals surface area contributed by atoms with E-state index in [0.29, 0.717) is 24.6 Å². The first kappa shape index (κ1) is 12.1. The van der Waals surface area contributed by atoms with E-state index >= 15 is 0 Å². The molecule has 0 aliphatic heterocycles. The molecule has 0 aliphatic rings. The van der Waals surface area contributed by atoms with Crippen LogP contribution in [0, 0.1) is 0 Å². The van der Waals surface area contributed by atoms with E-state index in [-0.39, 0.29) is 6.61 Å². The second-order valence-electron chi connectivity index (χ2n) is 3.69. The van der Waals surface area contributed by atoms with Gasteiger partial charge in [-0.05, 0) is 24.1 Å². The first-order chi connectivity index (χ1) is 8.28. The van der Waals surface area contributed by atoms with Gasteiger partial charge >= 0.3 is 0 Å². The van der Waals surface area contributed by atoms with Crippen molar-refractivity contribution in [2.75, 3.05) is 6.61 Å². The Morgan fingerprint density at radius 3 is 2.29 bits per heavy atom. The van der Waals surface area contributed by atoms with Gasteiger partial charge in [0.05, 0.1) is 6.61 Å². The summed E-state index contributed by atoms with van der Waals surface area (Å²) in [6, 6.07) is 7.68. The number of aromatic nitrogens is 2. The van der Waals surface area contributed by atoms with Crippen molar-refractivity contribution >= 4 is 11.6 Å². The molecule has 0 atom stereocenters. The van der Waals surface area contributed by atoms with Crippen molar-refractivity contribution < 1.29 is 9.52 Å². The SMILES string of the molecule is OCCc1nnc(CCc2ccc(Cl)cc2)o1. The van der Waals surface area contributed by atoms with Crippen LogP contribution in [0.25, 0.3) is 0 Å². The highest BCUT2D eigenvalue weighted by Crippen LogP contribution is 2.12. The van der Waals surface area contributed by atoms with E-state index < -0.39 is 0 Å². The average Bonchev–Trinajstić information content (AvgIpc) is 2.77. The number of benzene rings is 1. The molecule has 90 valence electrons. The molecule has 0 amide bonds. The summed E-state index contributed by atoms with van der Waals surface area (Å²) in [5, 5.41) is 17.2. The van der Waals surface area contributed by atoms with Crippen molar-refractivity contribution in [3.63, 3.8) is 0 Å². The number of aliphatic hydroxyl groups excluding tert-OH is 1. The van der Waals surface area contributed by atoms with E-state index in [0.717, 1.165) is 11.4 Å². The van der Waals surface area contributed by atoms with Gasteiger partial charge in [0.1, 0.15) is 0 Å². The van der Waals surface area contributed by atoms with Crippen molar-refractivity contribution in [1.82, 2.24) is 10.2 Å². The summed E-state index contributed by atoms with van der Waals surface area (Å²) in [7, 11) is 0. The molecule has 1 N–H and O–H groups in total. The summed E-state index contributed by atoms with van der Waals surface area (Å²) in [5.41, 5.74) is 1.18. The highest BCUT2D eigenvalue weighted by molar-refractivity contribution is 6.30. The first-order valence-electron chi connectivity index (χ1n) is 5.44. The van der Waals surface area contributed by atoms with Crippen molar-refractivity contribution in [2.24, 2.45) is 0 Å². The predicted octanol–water partition coefficient (Wildman–Crippen LogP) is 2.04. The highest BCUT2D eigenvalue weighted by atomic mass is 35.5. The Labute approximate surface area is 104 Å². The molecule has 4 nitrogen and oxygen atoms in total. The molecule has 0 saturated heterocycles. The van der Waals surface area contributed by atoms with Gasteiger partial charge in [0.15, 0.2) is 0 Å². The summed E-state index contributed by atoms with van der Waals surface area (Å²) in [5.74, 6) is 1.09. The summed E-state index contributed by atoms with van der Waals surface area (Å²) < 4.78 is 5.36. The van der Waals surface area contributed by atoms with E-state index in [1.54, 1.807) is 0 Å². The Balaban J connectivity index is 1.90. The van der Waals surface area contributed by atoms with Gasteiger partial charge in [-0.2, -0.15) is 0 Å². The maximum absolute atomic E-state index is 8.72. The van der Waals surface area contributed by atoms with Crippen LogP contribution in [0.3, 0.4) is 0 Å². The molecule has 0 unspecified atom stereocenters. The second-order valence-corrected chi connectivity index (χ2v) is 4.13. The number of hydrogen-bond donors (Lipinski definition) is 1. The molecule has 0 radical (unpaired) electrons. The maximum Gasteiger partial charge on any atom is 0.218 e. The number of halogens is 1. The topological polar surface area (TPSA) is 59.2 Å². The van der Waals surface area contributed by atoms with Crippen LogP contribution in [-0.2, 0) is 19.3 Å². The van der Waals surface area contributed by atoms with Crippen LogP contribution in [0.2, 0.25) is 5.02 Å². The summed E-state index contributed by atoms with van der Waals surface area (Å²) in [6.45, 7) is 0.0266. The van der Waals surface area contributed by atoms with Crippen LogP contribution >= 0.6 is 11.6 Å².